The number of phenols is 1. The van der Waals surface area contributed by atoms with Gasteiger partial charge in [-0.05, 0) is 29.8 Å². The summed E-state index contributed by atoms with van der Waals surface area (Å²) in [5, 5.41) is 10.2. The summed E-state index contributed by atoms with van der Waals surface area (Å²) in [7, 11) is 1.44. The minimum atomic E-state index is -0.383. The van der Waals surface area contributed by atoms with Crippen molar-refractivity contribution >= 4 is 24.1 Å². The van der Waals surface area contributed by atoms with Crippen molar-refractivity contribution < 1.29 is 28.9 Å². The monoisotopic (exact) mass is 316 g/mol. The second kappa shape index (κ2) is 6.16. The Morgan fingerprint density at radius 3 is 2.17 bits per heavy atom. The number of carbonyl (C=O) groups is 2. The third-order valence-corrected chi connectivity index (χ3v) is 3.75. The molecule has 120 valence electrons. The first-order valence-electron chi connectivity index (χ1n) is 7.25. The highest BCUT2D eigenvalue weighted by Gasteiger charge is 2.21. The average molecular weight is 316 g/mol. The first-order chi connectivity index (χ1) is 11.1. The minimum absolute atomic E-state index is 0.0594. The number of ether oxygens (including phenoxy) is 3. The number of aromatic hydroxyl groups is 1. The SMILES string of the molecule is COc1cc(/C=C2\CCOC2=O)cc(/C=C2\CCOC2=O)c1O. The van der Waals surface area contributed by atoms with Gasteiger partial charge >= 0.3 is 11.9 Å². The fourth-order valence-corrected chi connectivity index (χ4v) is 2.55. The minimum Gasteiger partial charge on any atom is -0.504 e. The quantitative estimate of drug-likeness (QED) is 0.679. The van der Waals surface area contributed by atoms with Gasteiger partial charge in [-0.25, -0.2) is 9.59 Å². The highest BCUT2D eigenvalue weighted by Crippen LogP contribution is 2.35. The van der Waals surface area contributed by atoms with Gasteiger partial charge in [0.15, 0.2) is 11.5 Å². The maximum Gasteiger partial charge on any atom is 0.334 e. The molecule has 1 aromatic rings. The highest BCUT2D eigenvalue weighted by atomic mass is 16.5. The van der Waals surface area contributed by atoms with Crippen LogP contribution in [0.2, 0.25) is 0 Å². The molecule has 0 aromatic heterocycles. The van der Waals surface area contributed by atoms with Crippen LogP contribution in [0.1, 0.15) is 24.0 Å². The van der Waals surface area contributed by atoms with E-state index in [4.69, 9.17) is 14.2 Å². The van der Waals surface area contributed by atoms with E-state index in [0.717, 1.165) is 0 Å². The summed E-state index contributed by atoms with van der Waals surface area (Å²) in [5.74, 6) is -0.511. The molecule has 1 aromatic carbocycles. The van der Waals surface area contributed by atoms with E-state index in [2.05, 4.69) is 0 Å². The molecule has 0 atom stereocenters. The number of hydrogen-bond acceptors (Lipinski definition) is 6. The second-order valence-corrected chi connectivity index (χ2v) is 5.27. The van der Waals surface area contributed by atoms with Gasteiger partial charge in [-0.3, -0.25) is 0 Å². The van der Waals surface area contributed by atoms with E-state index < -0.39 is 0 Å². The van der Waals surface area contributed by atoms with Gasteiger partial charge < -0.3 is 19.3 Å². The van der Waals surface area contributed by atoms with Crippen LogP contribution in [-0.4, -0.2) is 37.4 Å². The van der Waals surface area contributed by atoms with Crippen molar-refractivity contribution in [3.63, 3.8) is 0 Å². The zero-order valence-electron chi connectivity index (χ0n) is 12.6. The van der Waals surface area contributed by atoms with Crippen LogP contribution in [0.15, 0.2) is 23.3 Å². The molecule has 2 fully saturated rings. The fraction of sp³-hybridized carbons (Fsp3) is 0.294. The van der Waals surface area contributed by atoms with Crippen LogP contribution >= 0.6 is 0 Å². The normalized spacial score (nSPS) is 20.9. The Bertz CT molecular complexity index is 729. The number of cyclic esters (lactones) is 2. The predicted molar refractivity (Wildman–Crippen MR) is 81.8 cm³/mol. The molecule has 2 aliphatic rings. The molecule has 0 aliphatic carbocycles. The van der Waals surface area contributed by atoms with Crippen LogP contribution in [0, 0.1) is 0 Å². The molecule has 6 nitrogen and oxygen atoms in total. The van der Waals surface area contributed by atoms with E-state index in [1.807, 2.05) is 0 Å². The van der Waals surface area contributed by atoms with E-state index >= 15 is 0 Å². The lowest BCUT2D eigenvalue weighted by Crippen LogP contribution is -1.96. The number of methoxy groups -OCH3 is 1. The van der Waals surface area contributed by atoms with Crippen molar-refractivity contribution in [3.8, 4) is 11.5 Å². The lowest BCUT2D eigenvalue weighted by atomic mass is 10.0. The van der Waals surface area contributed by atoms with E-state index in [1.165, 1.54) is 7.11 Å². The van der Waals surface area contributed by atoms with Gasteiger partial charge in [0.1, 0.15) is 0 Å². The van der Waals surface area contributed by atoms with Crippen LogP contribution in [0.3, 0.4) is 0 Å². The van der Waals surface area contributed by atoms with Crippen molar-refractivity contribution in [2.45, 2.75) is 12.8 Å². The van der Waals surface area contributed by atoms with Crippen LogP contribution in [0.25, 0.3) is 12.2 Å². The Hall–Kier alpha value is -2.76. The van der Waals surface area contributed by atoms with Crippen molar-refractivity contribution in [2.75, 3.05) is 20.3 Å². The number of esters is 2. The molecule has 0 unspecified atom stereocenters. The van der Waals surface area contributed by atoms with Gasteiger partial charge in [0.2, 0.25) is 0 Å². The number of hydrogen-bond donors (Lipinski definition) is 1. The zero-order chi connectivity index (χ0) is 16.4. The summed E-state index contributed by atoms with van der Waals surface area (Å²) in [5.41, 5.74) is 2.19. The maximum absolute atomic E-state index is 11.6. The molecule has 0 radical (unpaired) electrons. The molecular formula is C17H16O6. The summed E-state index contributed by atoms with van der Waals surface area (Å²) >= 11 is 0. The van der Waals surface area contributed by atoms with Gasteiger partial charge in [0, 0.05) is 29.6 Å². The van der Waals surface area contributed by atoms with Gasteiger partial charge in [0.05, 0.1) is 20.3 Å². The Labute approximate surface area is 133 Å². The summed E-state index contributed by atoms with van der Waals surface area (Å²) in [6, 6.07) is 3.32. The summed E-state index contributed by atoms with van der Waals surface area (Å²) in [4.78, 5) is 23.1. The standard InChI is InChI=1S/C17H16O6/c1-21-14-8-10(6-11-2-4-22-16(11)19)7-13(15(14)18)9-12-3-5-23-17(12)20/h6-9,18H,2-5H2,1H3/b11-6+,12-9+. The number of benzene rings is 1. The summed E-state index contributed by atoms with van der Waals surface area (Å²) in [6.07, 6.45) is 4.33. The van der Waals surface area contributed by atoms with Crippen molar-refractivity contribution in [1.82, 2.24) is 0 Å². The van der Waals surface area contributed by atoms with E-state index in [-0.39, 0.29) is 23.4 Å². The van der Waals surface area contributed by atoms with Gasteiger partial charge in [-0.1, -0.05) is 0 Å². The Balaban J connectivity index is 2.03. The molecule has 2 aliphatic heterocycles. The van der Waals surface area contributed by atoms with Gasteiger partial charge in [0.25, 0.3) is 0 Å². The molecule has 6 heteroatoms. The topological polar surface area (TPSA) is 82.1 Å². The van der Waals surface area contributed by atoms with Crippen LogP contribution in [0.5, 0.6) is 11.5 Å². The first-order valence-corrected chi connectivity index (χ1v) is 7.25. The molecule has 1 N–H and O–H groups in total. The maximum atomic E-state index is 11.6. The number of carbonyl (C=O) groups excluding carboxylic acids is 2. The predicted octanol–water partition coefficient (Wildman–Crippen LogP) is 2.06. The second-order valence-electron chi connectivity index (χ2n) is 5.27. The zero-order valence-corrected chi connectivity index (χ0v) is 12.6. The summed E-state index contributed by atoms with van der Waals surface area (Å²) in [6.45, 7) is 0.723. The third-order valence-electron chi connectivity index (χ3n) is 3.75. The lowest BCUT2D eigenvalue weighted by molar-refractivity contribution is -0.135. The fourth-order valence-electron chi connectivity index (χ4n) is 2.55. The van der Waals surface area contributed by atoms with Crippen molar-refractivity contribution in [1.29, 1.82) is 0 Å². The molecule has 0 spiro atoms. The van der Waals surface area contributed by atoms with Gasteiger partial charge in [-0.15, -0.1) is 0 Å². The van der Waals surface area contributed by atoms with Gasteiger partial charge in [-0.2, -0.15) is 0 Å². The van der Waals surface area contributed by atoms with Crippen LogP contribution in [-0.2, 0) is 19.1 Å². The summed E-state index contributed by atoms with van der Waals surface area (Å²) < 4.78 is 15.0. The molecule has 0 saturated carbocycles. The van der Waals surface area contributed by atoms with Crippen molar-refractivity contribution in [2.24, 2.45) is 0 Å². The van der Waals surface area contributed by atoms with Crippen molar-refractivity contribution in [3.05, 3.63) is 34.4 Å². The Morgan fingerprint density at radius 2 is 1.65 bits per heavy atom. The third kappa shape index (κ3) is 3.06. The van der Waals surface area contributed by atoms with Crippen LogP contribution < -0.4 is 4.74 Å². The smallest absolute Gasteiger partial charge is 0.334 e. The average Bonchev–Trinajstić information content (AvgIpc) is 3.12. The first kappa shape index (κ1) is 15.1. The highest BCUT2D eigenvalue weighted by molar-refractivity contribution is 5.97. The molecule has 2 saturated heterocycles. The molecule has 3 rings (SSSR count). The molecule has 0 bridgehead atoms. The van der Waals surface area contributed by atoms with E-state index in [0.29, 0.717) is 48.3 Å². The molecular weight excluding hydrogens is 300 g/mol. The molecule has 23 heavy (non-hydrogen) atoms. The van der Waals surface area contributed by atoms with Crippen LogP contribution in [0.4, 0.5) is 0 Å². The Kier molecular flexibility index (Phi) is 4.06. The van der Waals surface area contributed by atoms with E-state index in [9.17, 15) is 14.7 Å². The number of phenolic OH excluding ortho intramolecular Hbond substituents is 1. The lowest BCUT2D eigenvalue weighted by Gasteiger charge is -2.09. The van der Waals surface area contributed by atoms with E-state index in [1.54, 1.807) is 24.3 Å². The number of rotatable bonds is 3. The Morgan fingerprint density at radius 1 is 1.04 bits per heavy atom. The molecule has 2 heterocycles. The molecule has 0 amide bonds. The largest absolute Gasteiger partial charge is 0.504 e.